The Labute approximate surface area is 187 Å². The van der Waals surface area contributed by atoms with E-state index in [0.717, 1.165) is 41.5 Å². The molecule has 2 aromatic carbocycles. The maximum atomic E-state index is 13.0. The Kier molecular flexibility index (Phi) is 7.29. The summed E-state index contributed by atoms with van der Waals surface area (Å²) in [6, 6.07) is 10.0. The van der Waals surface area contributed by atoms with E-state index in [0.29, 0.717) is 28.6 Å². The molecule has 1 N–H and O–H groups in total. The molecule has 0 spiro atoms. The van der Waals surface area contributed by atoms with Gasteiger partial charge in [0.2, 0.25) is 10.0 Å². The maximum absolute atomic E-state index is 13.0. The summed E-state index contributed by atoms with van der Waals surface area (Å²) in [5, 5.41) is 4.00. The first-order valence-electron chi connectivity index (χ1n) is 9.74. The van der Waals surface area contributed by atoms with Crippen LogP contribution in [0.15, 0.2) is 41.3 Å². The van der Waals surface area contributed by atoms with E-state index in [-0.39, 0.29) is 10.8 Å². The molecule has 162 valence electrons. The lowest BCUT2D eigenvalue weighted by molar-refractivity contribution is 0.0954. The topological polar surface area (TPSA) is 69.7 Å². The van der Waals surface area contributed by atoms with Crippen molar-refractivity contribution in [1.29, 1.82) is 0 Å². The Morgan fingerprint density at radius 2 is 1.80 bits per heavy atom. The predicted molar refractivity (Wildman–Crippen MR) is 121 cm³/mol. The van der Waals surface area contributed by atoms with Crippen molar-refractivity contribution < 1.29 is 13.2 Å². The molecule has 1 fully saturated rings. The number of nitrogens with zero attached hydrogens (tertiary/aromatic N) is 2. The van der Waals surface area contributed by atoms with Crippen LogP contribution in [0.4, 0.5) is 5.69 Å². The molecule has 1 amide bonds. The highest BCUT2D eigenvalue weighted by Gasteiger charge is 2.24. The molecule has 1 aliphatic heterocycles. The molecule has 1 aliphatic rings. The van der Waals surface area contributed by atoms with Gasteiger partial charge in [0, 0.05) is 49.5 Å². The molecule has 0 atom stereocenters. The van der Waals surface area contributed by atoms with Crippen molar-refractivity contribution in [1.82, 2.24) is 9.62 Å². The number of amides is 1. The van der Waals surface area contributed by atoms with Crippen LogP contribution in [0.5, 0.6) is 0 Å². The minimum Gasteiger partial charge on any atom is -0.371 e. The van der Waals surface area contributed by atoms with Crippen molar-refractivity contribution in [3.8, 4) is 0 Å². The van der Waals surface area contributed by atoms with Gasteiger partial charge in [-0.05, 0) is 55.2 Å². The maximum Gasteiger partial charge on any atom is 0.253 e. The zero-order valence-corrected chi connectivity index (χ0v) is 19.3. The van der Waals surface area contributed by atoms with E-state index in [1.165, 1.54) is 20.2 Å². The van der Waals surface area contributed by atoms with Crippen molar-refractivity contribution in [2.24, 2.45) is 0 Å². The highest BCUT2D eigenvalue weighted by molar-refractivity contribution is 7.89. The van der Waals surface area contributed by atoms with E-state index < -0.39 is 10.0 Å². The first-order valence-corrected chi connectivity index (χ1v) is 11.9. The zero-order valence-electron chi connectivity index (χ0n) is 17.0. The van der Waals surface area contributed by atoms with Gasteiger partial charge in [0.25, 0.3) is 5.91 Å². The van der Waals surface area contributed by atoms with E-state index in [2.05, 4.69) is 10.2 Å². The third-order valence-electron chi connectivity index (χ3n) is 5.13. The van der Waals surface area contributed by atoms with Crippen LogP contribution in [-0.2, 0) is 16.4 Å². The number of carbonyl (C=O) groups is 1. The summed E-state index contributed by atoms with van der Waals surface area (Å²) in [7, 11) is -0.698. The highest BCUT2D eigenvalue weighted by Crippen LogP contribution is 2.28. The van der Waals surface area contributed by atoms with E-state index in [1.54, 1.807) is 24.3 Å². The fraction of sp³-hybridized carbons (Fsp3) is 0.381. The summed E-state index contributed by atoms with van der Waals surface area (Å²) in [5.74, 6) is -0.308. The first-order chi connectivity index (χ1) is 14.2. The van der Waals surface area contributed by atoms with Crippen LogP contribution >= 0.6 is 23.2 Å². The molecule has 2 aromatic rings. The monoisotopic (exact) mass is 469 g/mol. The van der Waals surface area contributed by atoms with E-state index in [9.17, 15) is 13.2 Å². The lowest BCUT2D eigenvalue weighted by Crippen LogP contribution is -2.30. The van der Waals surface area contributed by atoms with Crippen LogP contribution in [-0.4, -0.2) is 52.4 Å². The fourth-order valence-electron chi connectivity index (χ4n) is 3.43. The molecule has 0 aromatic heterocycles. The lowest BCUT2D eigenvalue weighted by Gasteiger charge is -2.22. The number of benzene rings is 2. The van der Waals surface area contributed by atoms with Crippen LogP contribution < -0.4 is 10.2 Å². The minimum absolute atomic E-state index is 0.0985. The molecule has 0 aliphatic carbocycles. The van der Waals surface area contributed by atoms with Crippen molar-refractivity contribution >= 4 is 44.8 Å². The first kappa shape index (κ1) is 22.9. The molecule has 0 bridgehead atoms. The number of sulfonamides is 1. The van der Waals surface area contributed by atoms with Gasteiger partial charge in [0.15, 0.2) is 0 Å². The van der Waals surface area contributed by atoms with Gasteiger partial charge in [-0.15, -0.1) is 0 Å². The van der Waals surface area contributed by atoms with Gasteiger partial charge < -0.3 is 10.2 Å². The quantitative estimate of drug-likeness (QED) is 0.668. The van der Waals surface area contributed by atoms with Gasteiger partial charge in [0.1, 0.15) is 0 Å². The second kappa shape index (κ2) is 9.56. The molecule has 0 saturated carbocycles. The highest BCUT2D eigenvalue weighted by atomic mass is 35.5. The average molecular weight is 470 g/mol. The molecule has 1 heterocycles. The second-order valence-electron chi connectivity index (χ2n) is 7.40. The Bertz CT molecular complexity index is 1040. The number of hydrogen-bond acceptors (Lipinski definition) is 4. The van der Waals surface area contributed by atoms with Crippen LogP contribution in [0.3, 0.4) is 0 Å². The summed E-state index contributed by atoms with van der Waals surface area (Å²) in [4.78, 5) is 15.2. The molecular weight excluding hydrogens is 445 g/mol. The largest absolute Gasteiger partial charge is 0.371 e. The van der Waals surface area contributed by atoms with Gasteiger partial charge in [-0.2, -0.15) is 0 Å². The zero-order chi connectivity index (χ0) is 21.9. The van der Waals surface area contributed by atoms with Crippen LogP contribution in [0.2, 0.25) is 10.0 Å². The van der Waals surface area contributed by atoms with Gasteiger partial charge in [0.05, 0.1) is 10.5 Å². The second-order valence-corrected chi connectivity index (χ2v) is 10.4. The number of anilines is 1. The van der Waals surface area contributed by atoms with Crippen LogP contribution in [0.1, 0.15) is 28.8 Å². The third-order valence-corrected chi connectivity index (χ3v) is 7.53. The van der Waals surface area contributed by atoms with Crippen molar-refractivity contribution in [2.75, 3.05) is 38.6 Å². The SMILES string of the molecule is CN(C)S(=O)(=O)c1ccc(N2CCCC2)c(C(=O)NCCc2ccc(Cl)cc2Cl)c1. The Morgan fingerprint density at radius 3 is 2.43 bits per heavy atom. The van der Waals surface area contributed by atoms with Gasteiger partial charge in [-0.25, -0.2) is 12.7 Å². The molecule has 1 saturated heterocycles. The number of carbonyl (C=O) groups excluding carboxylic acids is 1. The molecule has 0 unspecified atom stereocenters. The van der Waals surface area contributed by atoms with E-state index in [1.807, 2.05) is 6.07 Å². The number of hydrogen-bond donors (Lipinski definition) is 1. The van der Waals surface area contributed by atoms with Gasteiger partial charge in [-0.1, -0.05) is 29.3 Å². The Morgan fingerprint density at radius 1 is 1.10 bits per heavy atom. The standard InChI is InChI=1S/C21H25Cl2N3O3S/c1-25(2)30(28,29)17-7-8-20(26-11-3-4-12-26)18(14-17)21(27)24-10-9-15-5-6-16(22)13-19(15)23/h5-8,13-14H,3-4,9-12H2,1-2H3,(H,24,27). The van der Waals surface area contributed by atoms with Crippen LogP contribution in [0.25, 0.3) is 0 Å². The third kappa shape index (κ3) is 5.09. The van der Waals surface area contributed by atoms with Gasteiger partial charge in [-0.3, -0.25) is 4.79 Å². The molecule has 0 radical (unpaired) electrons. The molecule has 30 heavy (non-hydrogen) atoms. The number of nitrogens with one attached hydrogen (secondary N) is 1. The van der Waals surface area contributed by atoms with Crippen molar-refractivity contribution in [3.05, 3.63) is 57.6 Å². The van der Waals surface area contributed by atoms with Gasteiger partial charge >= 0.3 is 0 Å². The minimum atomic E-state index is -3.64. The molecule has 9 heteroatoms. The summed E-state index contributed by atoms with van der Waals surface area (Å²) in [5.41, 5.74) is 2.00. The lowest BCUT2D eigenvalue weighted by atomic mass is 10.1. The summed E-state index contributed by atoms with van der Waals surface area (Å²) in [6.07, 6.45) is 2.64. The number of halogens is 2. The predicted octanol–water partition coefficient (Wildman–Crippen LogP) is 3.82. The smallest absolute Gasteiger partial charge is 0.253 e. The molecule has 3 rings (SSSR count). The molecule has 6 nitrogen and oxygen atoms in total. The Balaban J connectivity index is 1.82. The normalized spacial score (nSPS) is 14.4. The average Bonchev–Trinajstić information content (AvgIpc) is 3.23. The summed E-state index contributed by atoms with van der Waals surface area (Å²) >= 11 is 12.1. The van der Waals surface area contributed by atoms with Crippen molar-refractivity contribution in [2.45, 2.75) is 24.2 Å². The molecular formula is C21H25Cl2N3O3S. The summed E-state index contributed by atoms with van der Waals surface area (Å²) < 4.78 is 26.3. The van der Waals surface area contributed by atoms with Crippen LogP contribution in [0, 0.1) is 0 Å². The Hall–Kier alpha value is -1.80. The fourth-order valence-corrected chi connectivity index (χ4v) is 4.86. The van der Waals surface area contributed by atoms with Crippen molar-refractivity contribution in [3.63, 3.8) is 0 Å². The van der Waals surface area contributed by atoms with E-state index >= 15 is 0 Å². The van der Waals surface area contributed by atoms with E-state index in [4.69, 9.17) is 23.2 Å². The number of rotatable bonds is 7. The summed E-state index contributed by atoms with van der Waals surface area (Å²) in [6.45, 7) is 2.06.